The number of aromatic nitrogens is 4. The third-order valence-electron chi connectivity index (χ3n) is 15.2. The second-order valence-corrected chi connectivity index (χ2v) is 19.0. The van der Waals surface area contributed by atoms with Crippen LogP contribution in [0.15, 0.2) is 243 Å². The fourth-order valence-corrected chi connectivity index (χ4v) is 12.1. The first-order chi connectivity index (χ1) is 36.7. The maximum atomic E-state index is 11.3. The van der Waals surface area contributed by atoms with Crippen LogP contribution in [0.2, 0.25) is 0 Å². The quantitative estimate of drug-likeness (QED) is 0.153. The molecule has 0 aliphatic rings. The smallest absolute Gasteiger partial charge is 0.212 e. The van der Waals surface area contributed by atoms with Crippen LogP contribution in [-0.2, 0) is 0 Å². The maximum absolute atomic E-state index is 11.3. The molecule has 6 nitrogen and oxygen atoms in total. The number of para-hydroxylation sites is 6. The number of fused-ring (bicyclic) bond motifs is 12. The monoisotopic (exact) mass is 940 g/mol. The van der Waals surface area contributed by atoms with E-state index in [1.54, 1.807) is 0 Å². The topological polar surface area (TPSA) is 47.9 Å². The highest BCUT2D eigenvalue weighted by atomic mass is 15.0. The number of benzene rings is 11. The molecular formula is C68H40N6. The number of nitrogens with zero attached hydrogens (tertiary/aromatic N) is 6. The average Bonchev–Trinajstić information content (AvgIpc) is 4.21. The van der Waals surface area contributed by atoms with Gasteiger partial charge in [0.25, 0.3) is 0 Å². The fourth-order valence-electron chi connectivity index (χ4n) is 12.1. The Morgan fingerprint density at radius 3 is 1.18 bits per heavy atom. The summed E-state index contributed by atoms with van der Waals surface area (Å²) in [6, 6.07) is 88.1. The third kappa shape index (κ3) is 5.91. The van der Waals surface area contributed by atoms with E-state index in [-0.39, 0.29) is 0 Å². The van der Waals surface area contributed by atoms with Crippen LogP contribution in [-0.4, -0.2) is 18.3 Å². The highest BCUT2D eigenvalue weighted by Crippen LogP contribution is 2.46. The number of rotatable bonds is 6. The van der Waals surface area contributed by atoms with E-state index in [4.69, 9.17) is 6.57 Å². The summed E-state index contributed by atoms with van der Waals surface area (Å²) in [6.07, 6.45) is 0. The van der Waals surface area contributed by atoms with Crippen LogP contribution in [0.1, 0.15) is 5.56 Å². The molecule has 4 heterocycles. The second-order valence-electron chi connectivity index (χ2n) is 19.0. The summed E-state index contributed by atoms with van der Waals surface area (Å²) in [5, 5.41) is 20.3. The summed E-state index contributed by atoms with van der Waals surface area (Å²) < 4.78 is 9.05. The van der Waals surface area contributed by atoms with Gasteiger partial charge in [0, 0.05) is 54.5 Å². The Labute approximate surface area is 425 Å². The largest absolute Gasteiger partial charge is 0.319 e. The van der Waals surface area contributed by atoms with Gasteiger partial charge in [-0.2, -0.15) is 5.26 Å². The predicted molar refractivity (Wildman–Crippen MR) is 306 cm³/mol. The van der Waals surface area contributed by atoms with Gasteiger partial charge in [-0.3, -0.25) is 0 Å². The summed E-state index contributed by atoms with van der Waals surface area (Å²) >= 11 is 0. The summed E-state index contributed by atoms with van der Waals surface area (Å²) in [5.41, 5.74) is 17.3. The lowest BCUT2D eigenvalue weighted by Gasteiger charge is -2.16. The van der Waals surface area contributed by atoms with Crippen molar-refractivity contribution in [1.82, 2.24) is 18.3 Å². The van der Waals surface area contributed by atoms with Crippen LogP contribution < -0.4 is 0 Å². The SMILES string of the molecule is [C-]#[N+]c1cc(-n2c3ccccc3c3c(-c4ccc5c(c4)c4ccccc4n5-c4ccccc4)cccc32)c(C#N)cc1-n1c2ccccc2c2c(-c3ccc4c(c3)c3ccccc3n4-c3ccccc3)cccc21. The summed E-state index contributed by atoms with van der Waals surface area (Å²) in [5.74, 6) is 0. The molecule has 0 fully saturated rings. The van der Waals surface area contributed by atoms with Crippen molar-refractivity contribution in [2.45, 2.75) is 0 Å². The molecule has 0 saturated carbocycles. The van der Waals surface area contributed by atoms with E-state index in [0.717, 1.165) is 99.3 Å². The molecule has 342 valence electrons. The molecule has 0 bridgehead atoms. The molecule has 6 heteroatoms. The van der Waals surface area contributed by atoms with Gasteiger partial charge in [0.1, 0.15) is 6.07 Å². The van der Waals surface area contributed by atoms with Gasteiger partial charge in [-0.25, -0.2) is 4.85 Å². The highest BCUT2D eigenvalue weighted by Gasteiger charge is 2.24. The van der Waals surface area contributed by atoms with Crippen LogP contribution in [0.5, 0.6) is 0 Å². The second kappa shape index (κ2) is 16.1. The lowest BCUT2D eigenvalue weighted by molar-refractivity contribution is 1.14. The van der Waals surface area contributed by atoms with Gasteiger partial charge in [0.15, 0.2) is 0 Å². The molecule has 0 aliphatic carbocycles. The van der Waals surface area contributed by atoms with Gasteiger partial charge < -0.3 is 18.3 Å². The molecule has 0 amide bonds. The maximum Gasteiger partial charge on any atom is 0.212 e. The molecule has 4 aromatic heterocycles. The van der Waals surface area contributed by atoms with Crippen molar-refractivity contribution >= 4 is 92.9 Å². The molecular weight excluding hydrogens is 901 g/mol. The van der Waals surface area contributed by atoms with Crippen molar-refractivity contribution in [2.75, 3.05) is 0 Å². The summed E-state index contributed by atoms with van der Waals surface area (Å²) in [6.45, 7) is 8.80. The van der Waals surface area contributed by atoms with Crippen molar-refractivity contribution in [3.05, 3.63) is 260 Å². The van der Waals surface area contributed by atoms with Gasteiger partial charge in [0.2, 0.25) is 5.69 Å². The van der Waals surface area contributed by atoms with Gasteiger partial charge in [0.05, 0.1) is 67.6 Å². The molecule has 74 heavy (non-hydrogen) atoms. The minimum absolute atomic E-state index is 0.449. The lowest BCUT2D eigenvalue weighted by Crippen LogP contribution is -2.01. The number of hydrogen-bond donors (Lipinski definition) is 0. The minimum Gasteiger partial charge on any atom is -0.319 e. The Morgan fingerprint density at radius 2 is 0.716 bits per heavy atom. The van der Waals surface area contributed by atoms with Crippen molar-refractivity contribution in [1.29, 1.82) is 5.26 Å². The van der Waals surface area contributed by atoms with Gasteiger partial charge >= 0.3 is 0 Å². The Morgan fingerprint density at radius 1 is 0.324 bits per heavy atom. The molecule has 0 spiro atoms. The van der Waals surface area contributed by atoms with Crippen molar-refractivity contribution in [3.8, 4) is 51.1 Å². The molecule has 0 unspecified atom stereocenters. The van der Waals surface area contributed by atoms with Crippen LogP contribution in [0.25, 0.3) is 137 Å². The number of hydrogen-bond acceptors (Lipinski definition) is 1. The Bertz CT molecular complexity index is 4600. The van der Waals surface area contributed by atoms with Crippen LogP contribution in [0.4, 0.5) is 5.69 Å². The molecule has 0 aliphatic heterocycles. The Balaban J connectivity index is 0.911. The molecule has 15 rings (SSSR count). The first-order valence-corrected chi connectivity index (χ1v) is 24.9. The minimum atomic E-state index is 0.449. The van der Waals surface area contributed by atoms with Crippen LogP contribution >= 0.6 is 0 Å². The van der Waals surface area contributed by atoms with Gasteiger partial charge in [-0.15, -0.1) is 0 Å². The molecule has 0 radical (unpaired) electrons. The zero-order valence-corrected chi connectivity index (χ0v) is 39.8. The fraction of sp³-hybridized carbons (Fsp3) is 0. The van der Waals surface area contributed by atoms with E-state index < -0.39 is 0 Å². The van der Waals surface area contributed by atoms with E-state index in [9.17, 15) is 5.26 Å². The van der Waals surface area contributed by atoms with Crippen molar-refractivity contribution in [2.24, 2.45) is 0 Å². The molecule has 0 N–H and O–H groups in total. The highest BCUT2D eigenvalue weighted by molar-refractivity contribution is 6.19. The lowest BCUT2D eigenvalue weighted by atomic mass is 9.98. The van der Waals surface area contributed by atoms with Gasteiger partial charge in [-0.1, -0.05) is 146 Å². The summed E-state index contributed by atoms with van der Waals surface area (Å²) in [7, 11) is 0. The van der Waals surface area contributed by atoms with E-state index in [1.807, 2.05) is 24.3 Å². The predicted octanol–water partition coefficient (Wildman–Crippen LogP) is 17.8. The third-order valence-corrected chi connectivity index (χ3v) is 15.2. The van der Waals surface area contributed by atoms with E-state index in [0.29, 0.717) is 22.6 Å². The van der Waals surface area contributed by atoms with Gasteiger partial charge in [-0.05, 0) is 119 Å². The Hall–Kier alpha value is -10.4. The molecule has 15 aromatic rings. The zero-order chi connectivity index (χ0) is 49.0. The Kier molecular flexibility index (Phi) is 8.99. The van der Waals surface area contributed by atoms with Crippen molar-refractivity contribution < 1.29 is 0 Å². The van der Waals surface area contributed by atoms with Crippen LogP contribution in [0, 0.1) is 17.9 Å². The first-order valence-electron chi connectivity index (χ1n) is 24.9. The molecule has 0 atom stereocenters. The van der Waals surface area contributed by atoms with Crippen molar-refractivity contribution in [3.63, 3.8) is 0 Å². The average molecular weight is 941 g/mol. The summed E-state index contributed by atoms with van der Waals surface area (Å²) in [4.78, 5) is 4.26. The first kappa shape index (κ1) is 41.4. The standard InChI is InChI=1S/C68H40N6/c1-70-56-41-65(73-59-30-14-10-24-52(59)67-48(26-16-32-63(67)73)43-34-36-61-54(38-43)50-22-8-12-28-57(50)71(61)46-18-4-2-5-19-46)45(42-69)40-66(56)74-60-31-15-11-25-53(60)68-49(27-17-33-64(68)74)44-35-37-62-55(39-44)51-23-9-13-29-58(51)72(62)47-20-6-3-7-21-47/h2-41H. The zero-order valence-electron chi connectivity index (χ0n) is 39.8. The molecule has 11 aromatic carbocycles. The van der Waals surface area contributed by atoms with Crippen LogP contribution in [0.3, 0.4) is 0 Å². The van der Waals surface area contributed by atoms with E-state index >= 15 is 0 Å². The molecule has 0 saturated heterocycles. The number of nitriles is 1. The normalized spacial score (nSPS) is 11.8. The van der Waals surface area contributed by atoms with E-state index in [1.165, 1.54) is 21.5 Å². The van der Waals surface area contributed by atoms with E-state index in [2.05, 4.69) is 248 Å².